The van der Waals surface area contributed by atoms with E-state index in [0.717, 1.165) is 23.0 Å². The third-order valence-electron chi connectivity index (χ3n) is 9.21. The highest BCUT2D eigenvalue weighted by molar-refractivity contribution is 6.30. The maximum atomic E-state index is 6.35. The first-order valence-corrected chi connectivity index (χ1v) is 14.4. The number of likely N-dealkylation sites (tertiary alicyclic amines) is 1. The van der Waals surface area contributed by atoms with Crippen LogP contribution in [0.5, 0.6) is 0 Å². The second-order valence-corrected chi connectivity index (χ2v) is 12.0. The maximum absolute atomic E-state index is 6.35. The lowest BCUT2D eigenvalue weighted by Crippen LogP contribution is -2.54. The van der Waals surface area contributed by atoms with Crippen molar-refractivity contribution in [1.29, 1.82) is 0 Å². The Balaban J connectivity index is 1.43. The molecule has 0 unspecified atom stereocenters. The number of nitrogens with zero attached hydrogens (tertiary/aromatic N) is 2. The number of hydrogen-bond donors (Lipinski definition) is 0. The fourth-order valence-electron chi connectivity index (χ4n) is 7.47. The van der Waals surface area contributed by atoms with Gasteiger partial charge in [0, 0.05) is 46.6 Å². The smallest absolute Gasteiger partial charge is 0.0406 e. The molecule has 3 saturated heterocycles. The lowest BCUT2D eigenvalue weighted by molar-refractivity contribution is 0.0469. The van der Waals surface area contributed by atoms with Gasteiger partial charge in [0.15, 0.2) is 0 Å². The summed E-state index contributed by atoms with van der Waals surface area (Å²) in [5.74, 6) is 0.964. The molecule has 1 saturated carbocycles. The Morgan fingerprint density at radius 2 is 1.25 bits per heavy atom. The highest BCUT2D eigenvalue weighted by Gasteiger charge is 2.54. The monoisotopic (exact) mass is 518 g/mol. The van der Waals surface area contributed by atoms with E-state index in [-0.39, 0.29) is 5.54 Å². The molecule has 0 amide bonds. The first-order chi connectivity index (χ1) is 17.6. The van der Waals surface area contributed by atoms with E-state index in [4.69, 9.17) is 23.2 Å². The minimum Gasteiger partial charge on any atom is -0.299 e. The zero-order valence-electron chi connectivity index (χ0n) is 21.0. The first-order valence-electron chi connectivity index (χ1n) is 13.7. The second-order valence-electron chi connectivity index (χ2n) is 11.2. The zero-order valence-corrected chi connectivity index (χ0v) is 22.5. The number of rotatable bonds is 6. The van der Waals surface area contributed by atoms with Crippen LogP contribution in [0.15, 0.2) is 78.9 Å². The summed E-state index contributed by atoms with van der Waals surface area (Å²) < 4.78 is 0. The highest BCUT2D eigenvalue weighted by atomic mass is 35.5. The van der Waals surface area contributed by atoms with Crippen molar-refractivity contribution in [2.75, 3.05) is 26.2 Å². The van der Waals surface area contributed by atoms with Gasteiger partial charge in [0.2, 0.25) is 0 Å². The van der Waals surface area contributed by atoms with E-state index in [1.54, 1.807) is 0 Å². The summed E-state index contributed by atoms with van der Waals surface area (Å²) >= 11 is 12.7. The van der Waals surface area contributed by atoms with Crippen molar-refractivity contribution in [3.05, 3.63) is 106 Å². The summed E-state index contributed by atoms with van der Waals surface area (Å²) in [7, 11) is 0. The summed E-state index contributed by atoms with van der Waals surface area (Å²) in [4.78, 5) is 5.71. The molecule has 4 aliphatic rings. The zero-order chi connectivity index (χ0) is 24.5. The third-order valence-corrected chi connectivity index (χ3v) is 9.72. The molecule has 36 heavy (non-hydrogen) atoms. The van der Waals surface area contributed by atoms with E-state index in [2.05, 4.69) is 88.7 Å². The molecule has 0 radical (unpaired) electrons. The molecule has 2 atom stereocenters. The van der Waals surface area contributed by atoms with E-state index in [1.165, 1.54) is 68.4 Å². The predicted octanol–water partition coefficient (Wildman–Crippen LogP) is 7.81. The predicted molar refractivity (Wildman–Crippen MR) is 151 cm³/mol. The van der Waals surface area contributed by atoms with Crippen molar-refractivity contribution in [2.45, 2.75) is 61.9 Å². The summed E-state index contributed by atoms with van der Waals surface area (Å²) in [5, 5.41) is 1.64. The molecule has 4 heteroatoms. The summed E-state index contributed by atoms with van der Waals surface area (Å²) in [6.07, 6.45) is 7.50. The van der Waals surface area contributed by atoms with E-state index in [1.807, 2.05) is 0 Å². The Kier molecular flexibility index (Phi) is 7.14. The van der Waals surface area contributed by atoms with E-state index < -0.39 is 0 Å². The summed E-state index contributed by atoms with van der Waals surface area (Å²) in [6.45, 7) is 4.76. The fourth-order valence-corrected chi connectivity index (χ4v) is 7.73. The maximum Gasteiger partial charge on any atom is 0.0406 e. The number of fused-ring (bicyclic) bond motifs is 4. The van der Waals surface area contributed by atoms with Gasteiger partial charge in [-0.25, -0.2) is 0 Å². The van der Waals surface area contributed by atoms with Crippen molar-refractivity contribution in [3.8, 4) is 0 Å². The van der Waals surface area contributed by atoms with Crippen LogP contribution in [0.2, 0.25) is 10.0 Å². The molecule has 4 fully saturated rings. The molecule has 3 aromatic rings. The van der Waals surface area contributed by atoms with Gasteiger partial charge < -0.3 is 0 Å². The van der Waals surface area contributed by atoms with Gasteiger partial charge in [-0.2, -0.15) is 0 Å². The van der Waals surface area contributed by atoms with Crippen LogP contribution < -0.4 is 0 Å². The molecule has 3 heterocycles. The Morgan fingerprint density at radius 1 is 0.694 bits per heavy atom. The van der Waals surface area contributed by atoms with Crippen LogP contribution in [0.25, 0.3) is 0 Å². The van der Waals surface area contributed by atoms with Gasteiger partial charge in [0.1, 0.15) is 0 Å². The molecular weight excluding hydrogens is 483 g/mol. The van der Waals surface area contributed by atoms with Crippen molar-refractivity contribution in [3.63, 3.8) is 0 Å². The van der Waals surface area contributed by atoms with Crippen LogP contribution in [-0.4, -0.2) is 47.6 Å². The van der Waals surface area contributed by atoms with Gasteiger partial charge in [0.05, 0.1) is 0 Å². The van der Waals surface area contributed by atoms with Gasteiger partial charge in [0.25, 0.3) is 0 Å². The first kappa shape index (κ1) is 24.5. The molecule has 3 aromatic carbocycles. The fraction of sp³-hybridized carbons (Fsp3) is 0.438. The van der Waals surface area contributed by atoms with Gasteiger partial charge in [-0.05, 0) is 92.6 Å². The average Bonchev–Trinajstić information content (AvgIpc) is 3.36. The number of halogens is 2. The van der Waals surface area contributed by atoms with Crippen LogP contribution in [0.3, 0.4) is 0 Å². The lowest BCUT2D eigenvalue weighted by atomic mass is 9.63. The van der Waals surface area contributed by atoms with Crippen LogP contribution in [0, 0.1) is 0 Å². The van der Waals surface area contributed by atoms with Crippen LogP contribution in [0.4, 0.5) is 0 Å². The van der Waals surface area contributed by atoms with Gasteiger partial charge in [-0.1, -0.05) is 77.8 Å². The molecule has 0 N–H and O–H groups in total. The third kappa shape index (κ3) is 4.86. The van der Waals surface area contributed by atoms with Crippen LogP contribution in [-0.2, 0) is 6.42 Å². The van der Waals surface area contributed by atoms with Gasteiger partial charge in [-0.3, -0.25) is 9.80 Å². The van der Waals surface area contributed by atoms with Crippen molar-refractivity contribution in [2.24, 2.45) is 0 Å². The average molecular weight is 520 g/mol. The van der Waals surface area contributed by atoms with E-state index in [0.29, 0.717) is 17.9 Å². The van der Waals surface area contributed by atoms with Crippen LogP contribution in [0.1, 0.15) is 60.6 Å². The van der Waals surface area contributed by atoms with Crippen molar-refractivity contribution < 1.29 is 0 Å². The number of hydrogen-bond acceptors (Lipinski definition) is 2. The molecule has 188 valence electrons. The standard InChI is InChI=1S/C32H36Cl2N2/c33-27-12-8-25(9-13-27)29-22-32(36-18-4-5-19-36)17-21-35(20-16-24-6-2-1-3-7-24)31(29)30(23-32)26-10-14-28(34)15-11-26/h1-3,6-15,29-31H,4-5,16-23H2/t29-,30-,31?,32?/m0/s1. The van der Waals surface area contributed by atoms with Gasteiger partial charge >= 0.3 is 0 Å². The normalized spacial score (nSPS) is 28.9. The van der Waals surface area contributed by atoms with Crippen LogP contribution >= 0.6 is 23.2 Å². The topological polar surface area (TPSA) is 6.48 Å². The molecule has 1 aliphatic carbocycles. The molecule has 7 rings (SSSR count). The Labute approximate surface area is 226 Å². The minimum absolute atomic E-state index is 0.253. The summed E-state index contributed by atoms with van der Waals surface area (Å²) in [5.41, 5.74) is 4.57. The Morgan fingerprint density at radius 3 is 1.81 bits per heavy atom. The van der Waals surface area contributed by atoms with Crippen molar-refractivity contribution >= 4 is 23.2 Å². The lowest BCUT2D eigenvalue weighted by Gasteiger charge is -2.52. The molecule has 2 nitrogen and oxygen atoms in total. The highest BCUT2D eigenvalue weighted by Crippen LogP contribution is 2.54. The molecular formula is C32H36Cl2N2. The minimum atomic E-state index is 0.253. The molecule has 3 aliphatic heterocycles. The Bertz CT molecular complexity index is 1080. The van der Waals surface area contributed by atoms with E-state index >= 15 is 0 Å². The molecule has 0 aromatic heterocycles. The van der Waals surface area contributed by atoms with Gasteiger partial charge in [-0.15, -0.1) is 0 Å². The molecule has 2 bridgehead atoms. The SMILES string of the molecule is Clc1ccc([C@@H]2CC3(N4CCCC4)CCN(CCc4ccccc4)C2[C@H](c2ccc(Cl)cc2)C3)cc1. The molecule has 0 spiro atoms. The largest absolute Gasteiger partial charge is 0.299 e. The van der Waals surface area contributed by atoms with Crippen molar-refractivity contribution in [1.82, 2.24) is 9.80 Å². The quantitative estimate of drug-likeness (QED) is 0.328. The van der Waals surface area contributed by atoms with E-state index in [9.17, 15) is 0 Å². The second kappa shape index (κ2) is 10.5. The number of benzene rings is 3. The Hall–Kier alpha value is -1.84. The summed E-state index contributed by atoms with van der Waals surface area (Å²) in [6, 6.07) is 29.0.